The lowest BCUT2D eigenvalue weighted by Crippen LogP contribution is -2.56. The average molecular weight is 469 g/mol. The van der Waals surface area contributed by atoms with Gasteiger partial charge in [-0.1, -0.05) is 81.7 Å². The number of hydrogen-bond donors (Lipinski definition) is 0. The van der Waals surface area contributed by atoms with Gasteiger partial charge < -0.3 is 0 Å². The molecule has 0 spiro atoms. The maximum atomic E-state index is 13.6. The highest BCUT2D eigenvalue weighted by atomic mass is 16.1. The summed E-state index contributed by atoms with van der Waals surface area (Å²) >= 11 is 0. The fourth-order valence-corrected chi connectivity index (χ4v) is 9.68. The monoisotopic (exact) mass is 468 g/mol. The van der Waals surface area contributed by atoms with Crippen LogP contribution in [0.2, 0.25) is 0 Å². The fraction of sp³-hybridized carbons (Fsp3) is 0.909. The molecule has 0 amide bonds. The van der Waals surface area contributed by atoms with E-state index in [4.69, 9.17) is 0 Å². The molecule has 0 aliphatic heterocycles. The third-order valence-electron chi connectivity index (χ3n) is 13.3. The molecule has 0 N–H and O–H groups in total. The second-order valence-corrected chi connectivity index (χ2v) is 15.8. The first kappa shape index (κ1) is 26.5. The van der Waals surface area contributed by atoms with E-state index in [2.05, 4.69) is 82.2 Å². The van der Waals surface area contributed by atoms with E-state index in [1.807, 2.05) is 0 Å². The van der Waals surface area contributed by atoms with Crippen LogP contribution < -0.4 is 0 Å². The van der Waals surface area contributed by atoms with Crippen molar-refractivity contribution in [3.63, 3.8) is 0 Å². The fourth-order valence-electron chi connectivity index (χ4n) is 9.68. The van der Waals surface area contributed by atoms with Gasteiger partial charge in [-0.15, -0.1) is 0 Å². The maximum Gasteiger partial charge on any atom is 0.159 e. The van der Waals surface area contributed by atoms with E-state index in [1.165, 1.54) is 38.5 Å². The van der Waals surface area contributed by atoms with Crippen molar-refractivity contribution in [1.82, 2.24) is 0 Å². The summed E-state index contributed by atoms with van der Waals surface area (Å²) < 4.78 is 0. The SMILES string of the molecule is C[C@H]([C@H](C)C[C@H](C)C(C)(C)C)[C@H]1CC[C@@]2(C)C3=CC(=O)[C@@H]4C[C@@H](C)[C@@H](C)C[C@]4(C)C3CC[C@]12C. The lowest BCUT2D eigenvalue weighted by Gasteiger charge is -2.61. The Kier molecular flexibility index (Phi) is 6.60. The predicted octanol–water partition coefficient (Wildman–Crippen LogP) is 9.36. The Hall–Kier alpha value is -0.590. The summed E-state index contributed by atoms with van der Waals surface area (Å²) in [5, 5.41) is 0. The topological polar surface area (TPSA) is 17.1 Å². The van der Waals surface area contributed by atoms with Crippen molar-refractivity contribution in [2.24, 2.45) is 69.0 Å². The molecule has 0 aromatic heterocycles. The minimum atomic E-state index is 0.177. The molecule has 0 aromatic carbocycles. The molecule has 0 bridgehead atoms. The lowest BCUT2D eigenvalue weighted by molar-refractivity contribution is -0.134. The van der Waals surface area contributed by atoms with Gasteiger partial charge >= 0.3 is 0 Å². The zero-order valence-corrected chi connectivity index (χ0v) is 24.6. The van der Waals surface area contributed by atoms with Crippen LogP contribution in [0.3, 0.4) is 0 Å². The molecule has 3 saturated carbocycles. The number of ketones is 1. The highest BCUT2D eigenvalue weighted by Gasteiger charge is 2.65. The third-order valence-corrected chi connectivity index (χ3v) is 13.3. The summed E-state index contributed by atoms with van der Waals surface area (Å²) in [5.41, 5.74) is 2.66. The molecule has 0 heterocycles. The Morgan fingerprint density at radius 2 is 1.62 bits per heavy atom. The van der Waals surface area contributed by atoms with Crippen molar-refractivity contribution < 1.29 is 4.79 Å². The number of allylic oxidation sites excluding steroid dienone is 2. The predicted molar refractivity (Wildman–Crippen MR) is 145 cm³/mol. The van der Waals surface area contributed by atoms with Gasteiger partial charge in [0, 0.05) is 5.92 Å². The van der Waals surface area contributed by atoms with Crippen LogP contribution in [0.4, 0.5) is 0 Å². The van der Waals surface area contributed by atoms with E-state index in [9.17, 15) is 4.79 Å². The van der Waals surface area contributed by atoms with Crippen LogP contribution in [0.15, 0.2) is 11.6 Å². The van der Waals surface area contributed by atoms with E-state index in [0.29, 0.717) is 28.4 Å². The van der Waals surface area contributed by atoms with Crippen LogP contribution in [0, 0.1) is 69.0 Å². The number of carbonyl (C=O) groups excluding carboxylic acids is 1. The van der Waals surface area contributed by atoms with Crippen LogP contribution in [0.5, 0.6) is 0 Å². The minimum absolute atomic E-state index is 0.177. The molecule has 11 atom stereocenters. The van der Waals surface area contributed by atoms with E-state index < -0.39 is 0 Å². The molecule has 0 aromatic rings. The van der Waals surface area contributed by atoms with Crippen molar-refractivity contribution >= 4 is 5.78 Å². The molecule has 0 saturated heterocycles. The van der Waals surface area contributed by atoms with E-state index >= 15 is 0 Å². The highest BCUT2D eigenvalue weighted by Crippen LogP contribution is 2.72. The second-order valence-electron chi connectivity index (χ2n) is 15.8. The van der Waals surface area contributed by atoms with E-state index in [-0.39, 0.29) is 16.7 Å². The minimum Gasteiger partial charge on any atom is -0.295 e. The Morgan fingerprint density at radius 3 is 2.24 bits per heavy atom. The summed E-state index contributed by atoms with van der Waals surface area (Å²) in [7, 11) is 0. The smallest absolute Gasteiger partial charge is 0.159 e. The van der Waals surface area contributed by atoms with E-state index in [1.54, 1.807) is 5.57 Å². The molecule has 0 radical (unpaired) electrons. The lowest BCUT2D eigenvalue weighted by atomic mass is 9.42. The Balaban J connectivity index is 1.63. The molecule has 34 heavy (non-hydrogen) atoms. The molecule has 3 fully saturated rings. The maximum absolute atomic E-state index is 13.6. The van der Waals surface area contributed by atoms with Crippen LogP contribution >= 0.6 is 0 Å². The molecule has 1 nitrogen and oxygen atoms in total. The number of rotatable bonds is 4. The van der Waals surface area contributed by atoms with Gasteiger partial charge in [-0.2, -0.15) is 0 Å². The van der Waals surface area contributed by atoms with Crippen LogP contribution in [0.25, 0.3) is 0 Å². The summed E-state index contributed by atoms with van der Waals surface area (Å²) in [6.45, 7) is 27.3. The average Bonchev–Trinajstić information content (AvgIpc) is 3.00. The Bertz CT molecular complexity index is 830. The summed E-state index contributed by atoms with van der Waals surface area (Å²) in [6.07, 6.45) is 11.2. The van der Waals surface area contributed by atoms with Crippen LogP contribution in [0.1, 0.15) is 121 Å². The van der Waals surface area contributed by atoms with Gasteiger partial charge in [0.05, 0.1) is 0 Å². The van der Waals surface area contributed by atoms with Crippen molar-refractivity contribution in [1.29, 1.82) is 0 Å². The largest absolute Gasteiger partial charge is 0.295 e. The number of fused-ring (bicyclic) bond motifs is 5. The Morgan fingerprint density at radius 1 is 0.971 bits per heavy atom. The third kappa shape index (κ3) is 3.80. The summed E-state index contributed by atoms with van der Waals surface area (Å²) in [4.78, 5) is 13.6. The van der Waals surface area contributed by atoms with Gasteiger partial charge in [0.25, 0.3) is 0 Å². The Labute approximate surface area is 212 Å². The normalized spacial score (nSPS) is 47.2. The van der Waals surface area contributed by atoms with Crippen molar-refractivity contribution in [3.8, 4) is 0 Å². The molecule has 4 rings (SSSR count). The quantitative estimate of drug-likeness (QED) is 0.401. The number of carbonyl (C=O) groups is 1. The number of hydrogen-bond acceptors (Lipinski definition) is 1. The highest BCUT2D eigenvalue weighted by molar-refractivity contribution is 5.94. The molecule has 4 aliphatic carbocycles. The van der Waals surface area contributed by atoms with Gasteiger partial charge in [0.1, 0.15) is 0 Å². The summed E-state index contributed by atoms with van der Waals surface area (Å²) in [6, 6.07) is 0. The van der Waals surface area contributed by atoms with Gasteiger partial charge in [-0.3, -0.25) is 4.79 Å². The van der Waals surface area contributed by atoms with Crippen LogP contribution in [-0.2, 0) is 4.79 Å². The van der Waals surface area contributed by atoms with Crippen LogP contribution in [-0.4, -0.2) is 5.78 Å². The first-order valence-corrected chi connectivity index (χ1v) is 14.8. The summed E-state index contributed by atoms with van der Waals surface area (Å²) in [5.74, 6) is 5.77. The molecule has 4 aliphatic rings. The van der Waals surface area contributed by atoms with Crippen molar-refractivity contribution in [2.75, 3.05) is 0 Å². The van der Waals surface area contributed by atoms with Gasteiger partial charge in [-0.25, -0.2) is 0 Å². The molecule has 194 valence electrons. The second kappa shape index (κ2) is 8.48. The van der Waals surface area contributed by atoms with Crippen molar-refractivity contribution in [2.45, 2.75) is 121 Å². The zero-order valence-electron chi connectivity index (χ0n) is 24.6. The van der Waals surface area contributed by atoms with Gasteiger partial charge in [0.2, 0.25) is 0 Å². The molecule has 1 heteroatoms. The van der Waals surface area contributed by atoms with Crippen molar-refractivity contribution in [3.05, 3.63) is 11.6 Å². The first-order valence-electron chi connectivity index (χ1n) is 14.8. The zero-order chi connectivity index (χ0) is 25.4. The molecule has 1 unspecified atom stereocenters. The van der Waals surface area contributed by atoms with Gasteiger partial charge in [0.15, 0.2) is 5.78 Å². The first-order chi connectivity index (χ1) is 15.6. The standard InChI is InChI=1S/C33H56O/c1-20-17-28-29(34)18-27-26(31(28,9)19-22(20)3)13-15-32(10)25(12-14-33(27,32)11)24(5)21(2)16-23(4)30(6,7)8/h18,20-26,28H,12-17,19H2,1-11H3/t20-,21-,22+,23+,24-,25-,26?,28+,31-,32-,33+/m1/s1. The molecular formula is C33H56O. The van der Waals surface area contributed by atoms with E-state index in [0.717, 1.165) is 36.0 Å². The molecular weight excluding hydrogens is 412 g/mol. The van der Waals surface area contributed by atoms with Gasteiger partial charge in [-0.05, 0) is 114 Å².